The number of nitrogens with zero attached hydrogens (tertiary/aromatic N) is 1. The fourth-order valence-corrected chi connectivity index (χ4v) is 1.90. The molecule has 0 aromatic heterocycles. The van der Waals surface area contributed by atoms with Crippen LogP contribution in [0, 0.1) is 5.82 Å². The van der Waals surface area contributed by atoms with Gasteiger partial charge in [0.05, 0.1) is 6.54 Å². The Hall–Kier alpha value is -1.69. The fraction of sp³-hybridized carbons (Fsp3) is 0.385. The van der Waals surface area contributed by atoms with Crippen molar-refractivity contribution < 1.29 is 9.18 Å². The summed E-state index contributed by atoms with van der Waals surface area (Å²) < 4.78 is 13.8. The number of nitrogens with two attached hydrogens (primary N) is 2. The average Bonchev–Trinajstić information content (AvgIpc) is 2.33. The molecule has 1 aromatic carbocycles. The van der Waals surface area contributed by atoms with Gasteiger partial charge in [-0.15, -0.1) is 0 Å². The monoisotopic (exact) mass is 283 g/mol. The van der Waals surface area contributed by atoms with Gasteiger partial charge in [-0.1, -0.05) is 25.6 Å². The number of rotatable bonds is 7. The molecule has 1 aromatic rings. The molecule has 0 saturated carbocycles. The second-order valence-corrected chi connectivity index (χ2v) is 4.71. The molecule has 1 amide bonds. The largest absolute Gasteiger partial charge is 0.389 e. The molecule has 4 N–H and O–H groups in total. The highest BCUT2D eigenvalue weighted by molar-refractivity contribution is 7.80. The van der Waals surface area contributed by atoms with E-state index in [1.807, 2.05) is 6.92 Å². The lowest BCUT2D eigenvalue weighted by Gasteiger charge is -2.23. The van der Waals surface area contributed by atoms with Gasteiger partial charge in [-0.3, -0.25) is 4.79 Å². The molecule has 0 saturated heterocycles. The first-order valence-corrected chi connectivity index (χ1v) is 6.49. The van der Waals surface area contributed by atoms with Gasteiger partial charge in [-0.05, 0) is 24.6 Å². The second kappa shape index (κ2) is 7.04. The minimum Gasteiger partial charge on any atom is -0.389 e. The van der Waals surface area contributed by atoms with Crippen molar-refractivity contribution in [3.05, 3.63) is 29.6 Å². The number of carbonyl (C=O) groups excluding carboxylic acids is 1. The zero-order chi connectivity index (χ0) is 14.4. The van der Waals surface area contributed by atoms with Crippen LogP contribution in [0.2, 0.25) is 0 Å². The molecule has 0 radical (unpaired) electrons. The molecule has 1 rings (SSSR count). The van der Waals surface area contributed by atoms with E-state index in [2.05, 4.69) is 0 Å². The quantitative estimate of drug-likeness (QED) is 0.745. The summed E-state index contributed by atoms with van der Waals surface area (Å²) >= 11 is 4.75. The van der Waals surface area contributed by atoms with Crippen LogP contribution in [-0.2, 0) is 4.79 Å². The Kier molecular flexibility index (Phi) is 5.69. The van der Waals surface area contributed by atoms with E-state index in [4.69, 9.17) is 23.7 Å². The van der Waals surface area contributed by atoms with E-state index in [-0.39, 0.29) is 17.1 Å². The predicted octanol–water partition coefficient (Wildman–Crippen LogP) is 1.55. The average molecular weight is 283 g/mol. The van der Waals surface area contributed by atoms with E-state index in [1.165, 1.54) is 12.1 Å². The standard InChI is InChI=1S/C13H18FN3OS/c1-2-3-6-17(8-12(15)18)9-4-5-10(13(16)19)11(14)7-9/h4-5,7H,2-3,6,8H2,1H3,(H2,15,18)(H2,16,19). The lowest BCUT2D eigenvalue weighted by molar-refractivity contribution is -0.116. The van der Waals surface area contributed by atoms with E-state index >= 15 is 0 Å². The first kappa shape index (κ1) is 15.4. The Morgan fingerprint density at radius 3 is 2.58 bits per heavy atom. The lowest BCUT2D eigenvalue weighted by Crippen LogP contribution is -2.34. The topological polar surface area (TPSA) is 72.3 Å². The molecule has 4 nitrogen and oxygen atoms in total. The van der Waals surface area contributed by atoms with Crippen LogP contribution in [0.5, 0.6) is 0 Å². The number of benzene rings is 1. The van der Waals surface area contributed by atoms with Gasteiger partial charge >= 0.3 is 0 Å². The molecule has 0 aliphatic rings. The molecule has 0 bridgehead atoms. The molecule has 0 aliphatic heterocycles. The van der Waals surface area contributed by atoms with Gasteiger partial charge < -0.3 is 16.4 Å². The van der Waals surface area contributed by atoms with Gasteiger partial charge in [0.2, 0.25) is 5.91 Å². The third-order valence-corrected chi connectivity index (χ3v) is 2.93. The van der Waals surface area contributed by atoms with Crippen LogP contribution in [0.1, 0.15) is 25.3 Å². The van der Waals surface area contributed by atoms with Crippen molar-refractivity contribution in [3.8, 4) is 0 Å². The first-order chi connectivity index (χ1) is 8.95. The molecular formula is C13H18FN3OS. The molecule has 6 heteroatoms. The van der Waals surface area contributed by atoms with E-state index in [0.29, 0.717) is 12.2 Å². The van der Waals surface area contributed by atoms with Crippen LogP contribution < -0.4 is 16.4 Å². The molecule has 0 atom stereocenters. The summed E-state index contributed by atoms with van der Waals surface area (Å²) in [5.41, 5.74) is 11.4. The third-order valence-electron chi connectivity index (χ3n) is 2.71. The van der Waals surface area contributed by atoms with E-state index < -0.39 is 11.7 Å². The van der Waals surface area contributed by atoms with Crippen molar-refractivity contribution in [3.63, 3.8) is 0 Å². The molecule has 0 heterocycles. The number of halogens is 1. The number of unbranched alkanes of at least 4 members (excludes halogenated alkanes) is 1. The Bertz CT molecular complexity index is 479. The number of primary amides is 1. The Morgan fingerprint density at radius 2 is 2.11 bits per heavy atom. The Balaban J connectivity index is 2.98. The van der Waals surface area contributed by atoms with Gasteiger partial charge in [0.1, 0.15) is 10.8 Å². The highest BCUT2D eigenvalue weighted by Crippen LogP contribution is 2.19. The molecule has 19 heavy (non-hydrogen) atoms. The van der Waals surface area contributed by atoms with Gasteiger partial charge in [0.15, 0.2) is 0 Å². The number of carbonyl (C=O) groups is 1. The van der Waals surface area contributed by atoms with E-state index in [1.54, 1.807) is 11.0 Å². The number of hydrogen-bond acceptors (Lipinski definition) is 3. The number of amides is 1. The third kappa shape index (κ3) is 4.48. The zero-order valence-corrected chi connectivity index (χ0v) is 11.7. The maximum Gasteiger partial charge on any atom is 0.236 e. The van der Waals surface area contributed by atoms with Gasteiger partial charge in [0.25, 0.3) is 0 Å². The van der Waals surface area contributed by atoms with Crippen LogP contribution in [0.3, 0.4) is 0 Å². The SMILES string of the molecule is CCCCN(CC(N)=O)c1ccc(C(N)=S)c(F)c1. The Labute approximate surface area is 117 Å². The lowest BCUT2D eigenvalue weighted by atomic mass is 10.1. The fourth-order valence-electron chi connectivity index (χ4n) is 1.74. The predicted molar refractivity (Wildman–Crippen MR) is 78.6 cm³/mol. The van der Waals surface area contributed by atoms with Crippen LogP contribution in [0.25, 0.3) is 0 Å². The summed E-state index contributed by atoms with van der Waals surface area (Å²) in [7, 11) is 0. The van der Waals surface area contributed by atoms with E-state index in [9.17, 15) is 9.18 Å². The van der Waals surface area contributed by atoms with Gasteiger partial charge in [0, 0.05) is 17.8 Å². The molecule has 104 valence electrons. The Morgan fingerprint density at radius 1 is 1.42 bits per heavy atom. The molecule has 0 unspecified atom stereocenters. The number of hydrogen-bond donors (Lipinski definition) is 2. The van der Waals surface area contributed by atoms with Gasteiger partial charge in [-0.2, -0.15) is 0 Å². The zero-order valence-electron chi connectivity index (χ0n) is 10.9. The van der Waals surface area contributed by atoms with Crippen LogP contribution >= 0.6 is 12.2 Å². The minimum absolute atomic E-state index is 0.0130. The van der Waals surface area contributed by atoms with Crippen LogP contribution in [0.15, 0.2) is 18.2 Å². The van der Waals surface area contributed by atoms with E-state index in [0.717, 1.165) is 12.8 Å². The number of anilines is 1. The maximum atomic E-state index is 13.8. The highest BCUT2D eigenvalue weighted by Gasteiger charge is 2.12. The molecular weight excluding hydrogens is 265 g/mol. The second-order valence-electron chi connectivity index (χ2n) is 4.27. The van der Waals surface area contributed by atoms with Crippen molar-refractivity contribution in [1.29, 1.82) is 0 Å². The van der Waals surface area contributed by atoms with Crippen molar-refractivity contribution in [2.45, 2.75) is 19.8 Å². The summed E-state index contributed by atoms with van der Waals surface area (Å²) in [5.74, 6) is -0.939. The summed E-state index contributed by atoms with van der Waals surface area (Å²) in [6.45, 7) is 2.75. The molecule has 0 fully saturated rings. The van der Waals surface area contributed by atoms with Crippen molar-refractivity contribution in [1.82, 2.24) is 0 Å². The maximum absolute atomic E-state index is 13.8. The van der Waals surface area contributed by atoms with Crippen LogP contribution in [0.4, 0.5) is 10.1 Å². The normalized spacial score (nSPS) is 10.2. The van der Waals surface area contributed by atoms with Crippen molar-refractivity contribution in [2.24, 2.45) is 11.5 Å². The molecule has 0 spiro atoms. The van der Waals surface area contributed by atoms with Crippen LogP contribution in [-0.4, -0.2) is 24.0 Å². The molecule has 0 aliphatic carbocycles. The van der Waals surface area contributed by atoms with Gasteiger partial charge in [-0.25, -0.2) is 4.39 Å². The summed E-state index contributed by atoms with van der Waals surface area (Å²) in [5, 5.41) is 0. The minimum atomic E-state index is -0.490. The highest BCUT2D eigenvalue weighted by atomic mass is 32.1. The number of thiocarbonyl (C=S) groups is 1. The van der Waals surface area contributed by atoms with Crippen molar-refractivity contribution >= 4 is 28.8 Å². The first-order valence-electron chi connectivity index (χ1n) is 6.08. The van der Waals surface area contributed by atoms with Crippen molar-refractivity contribution in [2.75, 3.05) is 18.0 Å². The summed E-state index contributed by atoms with van der Waals surface area (Å²) in [4.78, 5) is 12.8. The summed E-state index contributed by atoms with van der Waals surface area (Å²) in [6.07, 6.45) is 1.87. The smallest absolute Gasteiger partial charge is 0.236 e. The summed E-state index contributed by atoms with van der Waals surface area (Å²) in [6, 6.07) is 4.54.